The van der Waals surface area contributed by atoms with Crippen LogP contribution in [0.25, 0.3) is 16.3 Å². The number of aryl methyl sites for hydroxylation is 1. The zero-order chi connectivity index (χ0) is 28.6. The SMILES string of the molecule is O=C(CCc1ccc([N+](=O)[O-])cc1)N1CC2(CCN(C/C=C/c3ccc(Cl)c(Cl)c3)CC2)c2c1ccc1scnc21. The van der Waals surface area contributed by atoms with Gasteiger partial charge in [0.05, 0.1) is 30.7 Å². The van der Waals surface area contributed by atoms with Gasteiger partial charge in [-0.2, -0.15) is 0 Å². The second kappa shape index (κ2) is 11.5. The van der Waals surface area contributed by atoms with Gasteiger partial charge in [-0.3, -0.25) is 19.8 Å². The number of carbonyl (C=O) groups is 1. The lowest BCUT2D eigenvalue weighted by Crippen LogP contribution is -2.46. The molecule has 210 valence electrons. The molecule has 1 amide bonds. The molecule has 3 heterocycles. The van der Waals surface area contributed by atoms with Crippen LogP contribution in [0, 0.1) is 10.1 Å². The van der Waals surface area contributed by atoms with E-state index in [9.17, 15) is 14.9 Å². The minimum Gasteiger partial charge on any atom is -0.311 e. The van der Waals surface area contributed by atoms with Crippen molar-refractivity contribution in [1.29, 1.82) is 0 Å². The number of aromatic nitrogens is 1. The molecule has 2 aliphatic rings. The molecule has 1 spiro atoms. The molecule has 0 radical (unpaired) electrons. The van der Waals surface area contributed by atoms with Gasteiger partial charge >= 0.3 is 0 Å². The fourth-order valence-corrected chi connectivity index (χ4v) is 7.05. The Balaban J connectivity index is 1.16. The number of thiazole rings is 1. The number of fused-ring (bicyclic) bond motifs is 4. The van der Waals surface area contributed by atoms with Crippen LogP contribution in [0.3, 0.4) is 0 Å². The number of hydrogen-bond acceptors (Lipinski definition) is 6. The van der Waals surface area contributed by atoms with Gasteiger partial charge in [0.1, 0.15) is 0 Å². The monoisotopic (exact) mass is 606 g/mol. The van der Waals surface area contributed by atoms with Crippen LogP contribution in [0.2, 0.25) is 10.0 Å². The Labute approximate surface area is 252 Å². The first kappa shape index (κ1) is 27.8. The minimum absolute atomic E-state index is 0.0546. The number of nitro groups is 1. The number of halogens is 2. The third-order valence-corrected chi connectivity index (χ3v) is 9.80. The number of likely N-dealkylation sites (tertiary alicyclic amines) is 1. The van der Waals surface area contributed by atoms with Gasteiger partial charge < -0.3 is 4.90 Å². The first-order valence-electron chi connectivity index (χ1n) is 13.6. The Bertz CT molecular complexity index is 1650. The van der Waals surface area contributed by atoms with E-state index in [4.69, 9.17) is 28.2 Å². The summed E-state index contributed by atoms with van der Waals surface area (Å²) in [6.07, 6.45) is 7.00. The van der Waals surface area contributed by atoms with Gasteiger partial charge in [0.2, 0.25) is 5.91 Å². The topological polar surface area (TPSA) is 79.6 Å². The molecule has 7 nitrogen and oxygen atoms in total. The molecule has 1 aromatic heterocycles. The number of anilines is 1. The lowest BCUT2D eigenvalue weighted by Gasteiger charge is -2.39. The quantitative estimate of drug-likeness (QED) is 0.160. The predicted octanol–water partition coefficient (Wildman–Crippen LogP) is 7.54. The molecule has 2 aliphatic heterocycles. The van der Waals surface area contributed by atoms with Crippen LogP contribution >= 0.6 is 34.5 Å². The summed E-state index contributed by atoms with van der Waals surface area (Å²) in [6, 6.07) is 16.2. The van der Waals surface area contributed by atoms with Crippen LogP contribution in [0.1, 0.15) is 36.0 Å². The summed E-state index contributed by atoms with van der Waals surface area (Å²) in [7, 11) is 0. The number of piperidine rings is 1. The van der Waals surface area contributed by atoms with E-state index in [0.29, 0.717) is 29.4 Å². The van der Waals surface area contributed by atoms with Crippen LogP contribution in [0.4, 0.5) is 11.4 Å². The molecule has 1 fully saturated rings. The fourth-order valence-electron chi connectivity index (χ4n) is 6.05. The van der Waals surface area contributed by atoms with Crippen molar-refractivity contribution in [3.63, 3.8) is 0 Å². The second-order valence-corrected chi connectivity index (χ2v) is 12.4. The molecular formula is C31H28Cl2N4O3S. The van der Waals surface area contributed by atoms with E-state index < -0.39 is 4.92 Å². The molecule has 0 N–H and O–H groups in total. The average molecular weight is 608 g/mol. The Morgan fingerprint density at radius 2 is 1.85 bits per heavy atom. The lowest BCUT2D eigenvalue weighted by molar-refractivity contribution is -0.384. The zero-order valence-electron chi connectivity index (χ0n) is 22.3. The van der Waals surface area contributed by atoms with Gasteiger partial charge in [0, 0.05) is 48.3 Å². The normalized spacial score (nSPS) is 16.6. The van der Waals surface area contributed by atoms with Gasteiger partial charge in [-0.1, -0.05) is 53.6 Å². The van der Waals surface area contributed by atoms with Gasteiger partial charge in [0.25, 0.3) is 5.69 Å². The van der Waals surface area contributed by atoms with E-state index in [1.165, 1.54) is 17.7 Å². The molecule has 0 bridgehead atoms. The lowest BCUT2D eigenvalue weighted by atomic mass is 9.74. The molecule has 1 saturated heterocycles. The van der Waals surface area contributed by atoms with E-state index in [1.54, 1.807) is 23.5 Å². The highest BCUT2D eigenvalue weighted by atomic mass is 35.5. The van der Waals surface area contributed by atoms with Crippen LogP contribution in [0.5, 0.6) is 0 Å². The summed E-state index contributed by atoms with van der Waals surface area (Å²) >= 11 is 13.8. The number of nitrogens with zero attached hydrogens (tertiary/aromatic N) is 4. The molecular weight excluding hydrogens is 579 g/mol. The van der Waals surface area contributed by atoms with Gasteiger partial charge in [-0.15, -0.1) is 11.3 Å². The van der Waals surface area contributed by atoms with Crippen molar-refractivity contribution in [2.75, 3.05) is 31.1 Å². The molecule has 4 aromatic rings. The minimum atomic E-state index is -0.411. The maximum Gasteiger partial charge on any atom is 0.269 e. The highest BCUT2D eigenvalue weighted by molar-refractivity contribution is 7.16. The van der Waals surface area contributed by atoms with Gasteiger partial charge in [0.15, 0.2) is 0 Å². The average Bonchev–Trinajstić information content (AvgIpc) is 3.58. The standard InChI is InChI=1S/C31H28Cl2N4O3S/c32-24-9-5-22(18-25(24)33)2-1-15-35-16-13-31(14-17-35)19-36(26-10-11-27-30(29(26)31)34-20-41-27)28(38)12-6-21-3-7-23(8-4-21)37(39)40/h1-5,7-11,18,20H,6,12-17,19H2/b2-1+. The highest BCUT2D eigenvalue weighted by Crippen LogP contribution is 2.50. The van der Waals surface area contributed by atoms with E-state index in [2.05, 4.69) is 29.2 Å². The third kappa shape index (κ3) is 5.62. The smallest absolute Gasteiger partial charge is 0.269 e. The predicted molar refractivity (Wildman–Crippen MR) is 166 cm³/mol. The third-order valence-electron chi connectivity index (χ3n) is 8.27. The first-order valence-corrected chi connectivity index (χ1v) is 15.2. The maximum absolute atomic E-state index is 13.6. The van der Waals surface area contributed by atoms with Crippen LogP contribution in [0.15, 0.2) is 66.2 Å². The van der Waals surface area contributed by atoms with Crippen molar-refractivity contribution >= 4 is 68.1 Å². The zero-order valence-corrected chi connectivity index (χ0v) is 24.6. The van der Waals surface area contributed by atoms with Crippen LogP contribution < -0.4 is 4.90 Å². The van der Waals surface area contributed by atoms with E-state index >= 15 is 0 Å². The Hall–Kier alpha value is -3.30. The summed E-state index contributed by atoms with van der Waals surface area (Å²) < 4.78 is 1.15. The number of hydrogen-bond donors (Lipinski definition) is 0. The largest absolute Gasteiger partial charge is 0.311 e. The molecule has 0 unspecified atom stereocenters. The highest BCUT2D eigenvalue weighted by Gasteiger charge is 2.47. The first-order chi connectivity index (χ1) is 19.8. The van der Waals surface area contributed by atoms with E-state index in [-0.39, 0.29) is 17.0 Å². The van der Waals surface area contributed by atoms with Crippen molar-refractivity contribution in [1.82, 2.24) is 9.88 Å². The molecule has 0 saturated carbocycles. The number of rotatable bonds is 7. The molecule has 10 heteroatoms. The summed E-state index contributed by atoms with van der Waals surface area (Å²) in [5.74, 6) is 0.0723. The van der Waals surface area contributed by atoms with Crippen molar-refractivity contribution in [2.45, 2.75) is 31.1 Å². The maximum atomic E-state index is 13.6. The second-order valence-electron chi connectivity index (χ2n) is 10.7. The molecule has 3 aromatic carbocycles. The number of nitro benzene ring substituents is 1. The van der Waals surface area contributed by atoms with Crippen molar-refractivity contribution in [3.8, 4) is 0 Å². The number of non-ortho nitro benzene ring substituents is 1. The van der Waals surface area contributed by atoms with Crippen LogP contribution in [-0.2, 0) is 16.6 Å². The van der Waals surface area contributed by atoms with Crippen molar-refractivity contribution in [3.05, 3.63) is 103 Å². The van der Waals surface area contributed by atoms with E-state index in [1.807, 2.05) is 28.6 Å². The summed E-state index contributed by atoms with van der Waals surface area (Å²) in [5, 5.41) is 12.1. The summed E-state index contributed by atoms with van der Waals surface area (Å²) in [5.41, 5.74) is 6.96. The van der Waals surface area contributed by atoms with Gasteiger partial charge in [-0.05, 0) is 67.7 Å². The van der Waals surface area contributed by atoms with Crippen molar-refractivity contribution < 1.29 is 9.72 Å². The summed E-state index contributed by atoms with van der Waals surface area (Å²) in [4.78, 5) is 33.3. The van der Waals surface area contributed by atoms with Crippen LogP contribution in [-0.4, -0.2) is 46.9 Å². The number of carbonyl (C=O) groups excluding carboxylic acids is 1. The fraction of sp³-hybridized carbons (Fsp3) is 0.290. The van der Waals surface area contributed by atoms with Crippen molar-refractivity contribution in [2.24, 2.45) is 0 Å². The molecule has 0 atom stereocenters. The van der Waals surface area contributed by atoms with E-state index in [0.717, 1.165) is 59.5 Å². The molecule has 6 rings (SSSR count). The Morgan fingerprint density at radius 1 is 1.07 bits per heavy atom. The Kier molecular flexibility index (Phi) is 7.83. The molecule has 0 aliphatic carbocycles. The molecule has 41 heavy (non-hydrogen) atoms. The summed E-state index contributed by atoms with van der Waals surface area (Å²) in [6.45, 7) is 3.35. The Morgan fingerprint density at radius 3 is 2.59 bits per heavy atom. The van der Waals surface area contributed by atoms with Gasteiger partial charge in [-0.25, -0.2) is 4.98 Å². The number of benzene rings is 3. The number of amides is 1.